The van der Waals surface area contributed by atoms with Gasteiger partial charge in [-0.3, -0.25) is 0 Å². The van der Waals surface area contributed by atoms with Gasteiger partial charge in [-0.25, -0.2) is 0 Å². The fourth-order valence-electron chi connectivity index (χ4n) is 2.45. The monoisotopic (exact) mass is 218 g/mol. The zero-order chi connectivity index (χ0) is 11.4. The normalized spacial score (nSPS) is 25.3. The molecule has 0 aromatic heterocycles. The molecule has 1 aliphatic carbocycles. The number of nitrogens with one attached hydrogen (secondary N) is 1. The quantitative estimate of drug-likeness (QED) is 0.762. The van der Waals surface area contributed by atoms with Crippen LogP contribution in [0.15, 0.2) is 24.3 Å². The van der Waals surface area contributed by atoms with Gasteiger partial charge in [0.1, 0.15) is 0 Å². The highest BCUT2D eigenvalue weighted by atomic mass is 14.9. The van der Waals surface area contributed by atoms with Crippen LogP contribution in [0.4, 0.5) is 11.4 Å². The minimum Gasteiger partial charge on any atom is -0.397 e. The van der Waals surface area contributed by atoms with Crippen molar-refractivity contribution in [1.82, 2.24) is 0 Å². The molecule has 0 aliphatic heterocycles. The van der Waals surface area contributed by atoms with Gasteiger partial charge in [0.15, 0.2) is 0 Å². The van der Waals surface area contributed by atoms with E-state index >= 15 is 0 Å². The van der Waals surface area contributed by atoms with Crippen molar-refractivity contribution in [2.45, 2.75) is 32.6 Å². The Balaban J connectivity index is 1.81. The lowest BCUT2D eigenvalue weighted by molar-refractivity contribution is 0.300. The second-order valence-corrected chi connectivity index (χ2v) is 5.09. The molecule has 1 aliphatic rings. The maximum absolute atomic E-state index is 5.90. The van der Waals surface area contributed by atoms with Crippen LogP contribution in [0.25, 0.3) is 0 Å². The van der Waals surface area contributed by atoms with Gasteiger partial charge in [0.25, 0.3) is 0 Å². The van der Waals surface area contributed by atoms with Crippen molar-refractivity contribution < 1.29 is 0 Å². The van der Waals surface area contributed by atoms with Crippen molar-refractivity contribution in [2.75, 3.05) is 17.6 Å². The average Bonchev–Trinajstić information content (AvgIpc) is 2.30. The van der Waals surface area contributed by atoms with Gasteiger partial charge < -0.3 is 11.1 Å². The Bertz CT molecular complexity index is 327. The SMILES string of the molecule is CC1CCC(CNc2ccccc2N)CC1. The van der Waals surface area contributed by atoms with E-state index in [2.05, 4.69) is 18.3 Å². The smallest absolute Gasteiger partial charge is 0.0573 e. The van der Waals surface area contributed by atoms with E-state index in [-0.39, 0.29) is 0 Å². The van der Waals surface area contributed by atoms with Crippen LogP contribution in [0.5, 0.6) is 0 Å². The number of rotatable bonds is 3. The molecule has 0 bridgehead atoms. The molecule has 1 saturated carbocycles. The van der Waals surface area contributed by atoms with Crippen LogP contribution in [-0.4, -0.2) is 6.54 Å². The summed E-state index contributed by atoms with van der Waals surface area (Å²) in [7, 11) is 0. The standard InChI is InChI=1S/C14H22N2/c1-11-6-8-12(9-7-11)10-16-14-5-3-2-4-13(14)15/h2-5,11-12,16H,6-10,15H2,1H3. The van der Waals surface area contributed by atoms with Gasteiger partial charge in [0, 0.05) is 6.54 Å². The first-order chi connectivity index (χ1) is 7.75. The number of benzene rings is 1. The number of para-hydroxylation sites is 2. The number of hydrogen-bond acceptors (Lipinski definition) is 2. The van der Waals surface area contributed by atoms with E-state index in [9.17, 15) is 0 Å². The van der Waals surface area contributed by atoms with E-state index in [1.54, 1.807) is 0 Å². The van der Waals surface area contributed by atoms with E-state index in [0.29, 0.717) is 0 Å². The maximum Gasteiger partial charge on any atom is 0.0573 e. The van der Waals surface area contributed by atoms with Crippen LogP contribution in [0.1, 0.15) is 32.6 Å². The van der Waals surface area contributed by atoms with Gasteiger partial charge in [-0.2, -0.15) is 0 Å². The molecule has 2 nitrogen and oxygen atoms in total. The Labute approximate surface area is 98.2 Å². The van der Waals surface area contributed by atoms with Gasteiger partial charge in [0.05, 0.1) is 11.4 Å². The fourth-order valence-corrected chi connectivity index (χ4v) is 2.45. The van der Waals surface area contributed by atoms with Crippen molar-refractivity contribution in [3.8, 4) is 0 Å². The molecule has 16 heavy (non-hydrogen) atoms. The molecule has 0 atom stereocenters. The Hall–Kier alpha value is -1.18. The molecule has 0 unspecified atom stereocenters. The van der Waals surface area contributed by atoms with E-state index in [4.69, 9.17) is 5.73 Å². The topological polar surface area (TPSA) is 38.0 Å². The van der Waals surface area contributed by atoms with Crippen LogP contribution in [-0.2, 0) is 0 Å². The van der Waals surface area contributed by atoms with Gasteiger partial charge >= 0.3 is 0 Å². The Morgan fingerprint density at radius 3 is 2.56 bits per heavy atom. The summed E-state index contributed by atoms with van der Waals surface area (Å²) >= 11 is 0. The van der Waals surface area contributed by atoms with E-state index < -0.39 is 0 Å². The Morgan fingerprint density at radius 2 is 1.88 bits per heavy atom. The van der Waals surface area contributed by atoms with Crippen LogP contribution in [0.2, 0.25) is 0 Å². The summed E-state index contributed by atoms with van der Waals surface area (Å²) in [6, 6.07) is 8.01. The second kappa shape index (κ2) is 5.24. The third-order valence-corrected chi connectivity index (χ3v) is 3.68. The zero-order valence-electron chi connectivity index (χ0n) is 10.1. The lowest BCUT2D eigenvalue weighted by Gasteiger charge is -2.26. The van der Waals surface area contributed by atoms with Crippen molar-refractivity contribution in [2.24, 2.45) is 11.8 Å². The molecular formula is C14H22N2. The molecule has 2 heteroatoms. The number of nitrogen functional groups attached to an aromatic ring is 1. The predicted molar refractivity (Wildman–Crippen MR) is 70.5 cm³/mol. The summed E-state index contributed by atoms with van der Waals surface area (Å²) in [6.07, 6.45) is 5.50. The number of nitrogens with two attached hydrogens (primary N) is 1. The minimum absolute atomic E-state index is 0.829. The van der Waals surface area contributed by atoms with Crippen molar-refractivity contribution in [3.63, 3.8) is 0 Å². The molecule has 0 radical (unpaired) electrons. The molecule has 0 amide bonds. The van der Waals surface area contributed by atoms with Crippen LogP contribution < -0.4 is 11.1 Å². The molecule has 0 spiro atoms. The van der Waals surface area contributed by atoms with Gasteiger partial charge in [-0.05, 0) is 36.8 Å². The molecule has 88 valence electrons. The molecule has 0 heterocycles. The maximum atomic E-state index is 5.90. The molecule has 1 aromatic carbocycles. The summed E-state index contributed by atoms with van der Waals surface area (Å²) in [5, 5.41) is 3.47. The third-order valence-electron chi connectivity index (χ3n) is 3.68. The average molecular weight is 218 g/mol. The highest BCUT2D eigenvalue weighted by Gasteiger charge is 2.17. The van der Waals surface area contributed by atoms with Crippen molar-refractivity contribution in [3.05, 3.63) is 24.3 Å². The molecule has 3 N–H and O–H groups in total. The number of anilines is 2. The number of hydrogen-bond donors (Lipinski definition) is 2. The molecule has 0 saturated heterocycles. The van der Waals surface area contributed by atoms with Crippen molar-refractivity contribution in [1.29, 1.82) is 0 Å². The van der Waals surface area contributed by atoms with Gasteiger partial charge in [0.2, 0.25) is 0 Å². The lowest BCUT2D eigenvalue weighted by Crippen LogP contribution is -2.20. The van der Waals surface area contributed by atoms with Crippen molar-refractivity contribution >= 4 is 11.4 Å². The summed E-state index contributed by atoms with van der Waals surface area (Å²) in [6.45, 7) is 3.43. The van der Waals surface area contributed by atoms with Crippen LogP contribution >= 0.6 is 0 Å². The van der Waals surface area contributed by atoms with Crippen LogP contribution in [0.3, 0.4) is 0 Å². The zero-order valence-corrected chi connectivity index (χ0v) is 10.1. The Morgan fingerprint density at radius 1 is 1.19 bits per heavy atom. The van der Waals surface area contributed by atoms with Crippen LogP contribution in [0, 0.1) is 11.8 Å². The third kappa shape index (κ3) is 2.91. The first-order valence-corrected chi connectivity index (χ1v) is 6.34. The Kier molecular flexibility index (Phi) is 3.70. The van der Waals surface area contributed by atoms with E-state index in [1.807, 2.05) is 18.2 Å². The second-order valence-electron chi connectivity index (χ2n) is 5.09. The highest BCUT2D eigenvalue weighted by molar-refractivity contribution is 5.65. The summed E-state index contributed by atoms with van der Waals surface area (Å²) in [5.74, 6) is 1.76. The largest absolute Gasteiger partial charge is 0.397 e. The molecule has 1 aromatic rings. The highest BCUT2D eigenvalue weighted by Crippen LogP contribution is 2.28. The minimum atomic E-state index is 0.829. The molecular weight excluding hydrogens is 196 g/mol. The summed E-state index contributed by atoms with van der Waals surface area (Å²) in [5.41, 5.74) is 7.83. The van der Waals surface area contributed by atoms with Gasteiger partial charge in [-0.15, -0.1) is 0 Å². The van der Waals surface area contributed by atoms with E-state index in [1.165, 1.54) is 25.7 Å². The fraction of sp³-hybridized carbons (Fsp3) is 0.571. The molecule has 2 rings (SSSR count). The summed E-state index contributed by atoms with van der Waals surface area (Å²) < 4.78 is 0. The lowest BCUT2D eigenvalue weighted by atomic mass is 9.83. The summed E-state index contributed by atoms with van der Waals surface area (Å²) in [4.78, 5) is 0. The first-order valence-electron chi connectivity index (χ1n) is 6.34. The molecule has 1 fully saturated rings. The first kappa shape index (κ1) is 11.3. The van der Waals surface area contributed by atoms with Gasteiger partial charge in [-0.1, -0.05) is 31.9 Å². The van der Waals surface area contributed by atoms with E-state index in [0.717, 1.165) is 29.8 Å². The predicted octanol–water partition coefficient (Wildman–Crippen LogP) is 3.51.